The molecule has 114 valence electrons. The van der Waals surface area contributed by atoms with Gasteiger partial charge in [-0.3, -0.25) is 0 Å². The number of aryl methyl sites for hydroxylation is 1. The lowest BCUT2D eigenvalue weighted by Gasteiger charge is -2.19. The molecule has 1 aromatic heterocycles. The summed E-state index contributed by atoms with van der Waals surface area (Å²) in [5.41, 5.74) is 1.35. The molecule has 0 fully saturated rings. The van der Waals surface area contributed by atoms with Crippen LogP contribution in [0.15, 0.2) is 41.8 Å². The van der Waals surface area contributed by atoms with Crippen LogP contribution >= 0.6 is 11.3 Å². The molecule has 0 aliphatic rings. The summed E-state index contributed by atoms with van der Waals surface area (Å²) in [6, 6.07) is 13.3. The monoisotopic (exact) mass is 303 g/mol. The second kappa shape index (κ2) is 8.85. The van der Waals surface area contributed by atoms with Gasteiger partial charge in [0.1, 0.15) is 5.75 Å². The molecule has 1 N–H and O–H groups in total. The van der Waals surface area contributed by atoms with Crippen molar-refractivity contribution in [2.75, 3.05) is 13.2 Å². The number of thiophene rings is 1. The van der Waals surface area contributed by atoms with Gasteiger partial charge in [-0.05, 0) is 61.9 Å². The van der Waals surface area contributed by atoms with Gasteiger partial charge in [-0.15, -0.1) is 11.3 Å². The Morgan fingerprint density at radius 1 is 1.14 bits per heavy atom. The Kier molecular flexibility index (Phi) is 6.77. The van der Waals surface area contributed by atoms with Crippen LogP contribution in [0.5, 0.6) is 5.75 Å². The topological polar surface area (TPSA) is 21.3 Å². The van der Waals surface area contributed by atoms with Crippen molar-refractivity contribution >= 4 is 11.3 Å². The summed E-state index contributed by atoms with van der Waals surface area (Å²) in [5, 5.41) is 5.82. The molecule has 1 aromatic carbocycles. The van der Waals surface area contributed by atoms with Crippen LogP contribution in [0.2, 0.25) is 0 Å². The van der Waals surface area contributed by atoms with Gasteiger partial charge < -0.3 is 10.1 Å². The van der Waals surface area contributed by atoms with Crippen LogP contribution in [0.1, 0.15) is 43.2 Å². The Labute approximate surface area is 132 Å². The van der Waals surface area contributed by atoms with Gasteiger partial charge in [-0.2, -0.15) is 0 Å². The number of hydrogen-bond acceptors (Lipinski definition) is 3. The summed E-state index contributed by atoms with van der Waals surface area (Å²) in [5.74, 6) is 0.953. The highest BCUT2D eigenvalue weighted by molar-refractivity contribution is 7.09. The molecular formula is C18H25NOS. The highest BCUT2D eigenvalue weighted by Crippen LogP contribution is 2.23. The highest BCUT2D eigenvalue weighted by Gasteiger charge is 2.11. The first-order valence-electron chi connectivity index (χ1n) is 7.82. The molecule has 0 aliphatic carbocycles. The minimum absolute atomic E-state index is 0.419. The van der Waals surface area contributed by atoms with Gasteiger partial charge in [0.05, 0.1) is 6.61 Å². The maximum atomic E-state index is 5.52. The number of benzene rings is 1. The third kappa shape index (κ3) is 5.18. The Morgan fingerprint density at radius 3 is 2.57 bits per heavy atom. The van der Waals surface area contributed by atoms with Crippen LogP contribution in [0.25, 0.3) is 0 Å². The number of hydrogen-bond donors (Lipinski definition) is 1. The fraction of sp³-hybridized carbons (Fsp3) is 0.444. The predicted molar refractivity (Wildman–Crippen MR) is 91.3 cm³/mol. The van der Waals surface area contributed by atoms with E-state index in [0.717, 1.165) is 38.2 Å². The van der Waals surface area contributed by atoms with E-state index in [1.54, 1.807) is 0 Å². The van der Waals surface area contributed by atoms with Gasteiger partial charge in [-0.1, -0.05) is 25.1 Å². The Hall–Kier alpha value is -1.32. The molecule has 2 aromatic rings. The molecule has 1 heterocycles. The van der Waals surface area contributed by atoms with E-state index in [-0.39, 0.29) is 0 Å². The lowest BCUT2D eigenvalue weighted by Crippen LogP contribution is -2.22. The second-order valence-electron chi connectivity index (χ2n) is 5.13. The van der Waals surface area contributed by atoms with Crippen molar-refractivity contribution in [2.45, 2.75) is 39.2 Å². The SMILES string of the molecule is CCCNC(CCc1cccs1)c1ccc(OCC)cc1. The van der Waals surface area contributed by atoms with Crippen molar-refractivity contribution in [1.82, 2.24) is 5.32 Å². The quantitative estimate of drug-likeness (QED) is 0.717. The highest BCUT2D eigenvalue weighted by atomic mass is 32.1. The maximum absolute atomic E-state index is 5.52. The van der Waals surface area contributed by atoms with E-state index >= 15 is 0 Å². The predicted octanol–water partition coefficient (Wildman–Crippen LogP) is 4.82. The third-order valence-electron chi connectivity index (χ3n) is 3.49. The molecule has 0 radical (unpaired) electrons. The zero-order chi connectivity index (χ0) is 14.9. The summed E-state index contributed by atoms with van der Waals surface area (Å²) >= 11 is 1.85. The standard InChI is InChI=1S/C18H25NOS/c1-3-13-19-18(12-11-17-6-5-14-21-17)15-7-9-16(10-8-15)20-4-2/h5-10,14,18-19H,3-4,11-13H2,1-2H3. The third-order valence-corrected chi connectivity index (χ3v) is 4.43. The van der Waals surface area contributed by atoms with E-state index in [9.17, 15) is 0 Å². The fourth-order valence-corrected chi connectivity index (χ4v) is 3.13. The van der Waals surface area contributed by atoms with Crippen LogP contribution in [-0.2, 0) is 6.42 Å². The average molecular weight is 303 g/mol. The summed E-state index contributed by atoms with van der Waals surface area (Å²) in [6.45, 7) is 6.00. The number of ether oxygens (including phenoxy) is 1. The molecule has 3 heteroatoms. The lowest BCUT2D eigenvalue weighted by atomic mass is 10.0. The minimum Gasteiger partial charge on any atom is -0.494 e. The molecule has 1 atom stereocenters. The van der Waals surface area contributed by atoms with Gasteiger partial charge in [-0.25, -0.2) is 0 Å². The maximum Gasteiger partial charge on any atom is 0.119 e. The molecule has 0 amide bonds. The molecule has 2 nitrogen and oxygen atoms in total. The molecule has 0 saturated carbocycles. The van der Waals surface area contributed by atoms with E-state index < -0.39 is 0 Å². The lowest BCUT2D eigenvalue weighted by molar-refractivity contribution is 0.340. The molecule has 0 aliphatic heterocycles. The fourth-order valence-electron chi connectivity index (χ4n) is 2.41. The van der Waals surface area contributed by atoms with E-state index in [4.69, 9.17) is 4.74 Å². The van der Waals surface area contributed by atoms with Gasteiger partial charge in [0.25, 0.3) is 0 Å². The largest absolute Gasteiger partial charge is 0.494 e. The zero-order valence-corrected chi connectivity index (χ0v) is 13.8. The molecular weight excluding hydrogens is 278 g/mol. The van der Waals surface area contributed by atoms with Crippen molar-refractivity contribution in [2.24, 2.45) is 0 Å². The van der Waals surface area contributed by atoms with Crippen molar-refractivity contribution in [1.29, 1.82) is 0 Å². The molecule has 0 saturated heterocycles. The van der Waals surface area contributed by atoms with E-state index in [0.29, 0.717) is 6.04 Å². The summed E-state index contributed by atoms with van der Waals surface area (Å²) < 4.78 is 5.52. The van der Waals surface area contributed by atoms with Crippen molar-refractivity contribution in [3.05, 3.63) is 52.2 Å². The van der Waals surface area contributed by atoms with E-state index in [2.05, 4.69) is 54.0 Å². The molecule has 0 bridgehead atoms. The van der Waals surface area contributed by atoms with Crippen molar-refractivity contribution < 1.29 is 4.74 Å². The van der Waals surface area contributed by atoms with Crippen LogP contribution in [0.3, 0.4) is 0 Å². The Morgan fingerprint density at radius 2 is 1.95 bits per heavy atom. The van der Waals surface area contributed by atoms with E-state index in [1.807, 2.05) is 18.3 Å². The van der Waals surface area contributed by atoms with Crippen LogP contribution in [0, 0.1) is 0 Å². The smallest absolute Gasteiger partial charge is 0.119 e. The molecule has 0 spiro atoms. The van der Waals surface area contributed by atoms with Gasteiger partial charge in [0, 0.05) is 10.9 Å². The van der Waals surface area contributed by atoms with Gasteiger partial charge in [0.2, 0.25) is 0 Å². The first kappa shape index (κ1) is 16.1. The second-order valence-corrected chi connectivity index (χ2v) is 6.16. The molecule has 1 unspecified atom stereocenters. The average Bonchev–Trinajstić information content (AvgIpc) is 3.02. The number of nitrogens with one attached hydrogen (secondary N) is 1. The summed E-state index contributed by atoms with van der Waals surface area (Å²) in [7, 11) is 0. The number of rotatable bonds is 9. The first-order chi connectivity index (χ1) is 10.3. The first-order valence-corrected chi connectivity index (χ1v) is 8.70. The Balaban J connectivity index is 1.99. The van der Waals surface area contributed by atoms with Crippen LogP contribution in [0.4, 0.5) is 0 Å². The molecule has 21 heavy (non-hydrogen) atoms. The van der Waals surface area contributed by atoms with E-state index in [1.165, 1.54) is 10.4 Å². The zero-order valence-electron chi connectivity index (χ0n) is 13.0. The van der Waals surface area contributed by atoms with Gasteiger partial charge in [0.15, 0.2) is 0 Å². The minimum atomic E-state index is 0.419. The summed E-state index contributed by atoms with van der Waals surface area (Å²) in [6.07, 6.45) is 3.42. The van der Waals surface area contributed by atoms with Gasteiger partial charge >= 0.3 is 0 Å². The normalized spacial score (nSPS) is 12.3. The summed E-state index contributed by atoms with van der Waals surface area (Å²) in [4.78, 5) is 1.46. The van der Waals surface area contributed by atoms with Crippen LogP contribution < -0.4 is 10.1 Å². The van der Waals surface area contributed by atoms with Crippen LogP contribution in [-0.4, -0.2) is 13.2 Å². The Bertz CT molecular complexity index is 492. The van der Waals surface area contributed by atoms with Crippen molar-refractivity contribution in [3.63, 3.8) is 0 Å². The molecule has 2 rings (SSSR count). The van der Waals surface area contributed by atoms with Crippen molar-refractivity contribution in [3.8, 4) is 5.75 Å².